The highest BCUT2D eigenvalue weighted by Gasteiger charge is 2.28. The molecular weight excluding hydrogens is 297 g/mol. The number of hydrogen-bond acceptors (Lipinski definition) is 4. The molecule has 2 heterocycles. The van der Waals surface area contributed by atoms with E-state index in [-0.39, 0.29) is 17.8 Å². The third kappa shape index (κ3) is 4.50. The van der Waals surface area contributed by atoms with Crippen LogP contribution in [-0.4, -0.2) is 67.7 Å². The van der Waals surface area contributed by atoms with Gasteiger partial charge in [-0.1, -0.05) is 12.1 Å². The lowest BCUT2D eigenvalue weighted by Gasteiger charge is -2.29. The monoisotopic (exact) mass is 321 g/mol. The lowest BCUT2D eigenvalue weighted by atomic mass is 10.2. The molecule has 5 nitrogen and oxygen atoms in total. The van der Waals surface area contributed by atoms with Crippen LogP contribution in [0.2, 0.25) is 0 Å². The summed E-state index contributed by atoms with van der Waals surface area (Å²) in [5.74, 6) is -0.108. The number of nitrogens with one attached hydrogen (secondary N) is 1. The highest BCUT2D eigenvalue weighted by atomic mass is 19.1. The predicted octanol–water partition coefficient (Wildman–Crippen LogP) is 0.848. The van der Waals surface area contributed by atoms with Gasteiger partial charge in [0, 0.05) is 45.8 Å². The fourth-order valence-electron chi connectivity index (χ4n) is 3.13. The van der Waals surface area contributed by atoms with Gasteiger partial charge in [-0.2, -0.15) is 0 Å². The average Bonchev–Trinajstić information content (AvgIpc) is 2.83. The number of morpholine rings is 1. The number of carbonyl (C=O) groups excluding carboxylic acids is 1. The molecular formula is C17H24FN3O2. The van der Waals surface area contributed by atoms with Crippen LogP contribution < -0.4 is 5.32 Å². The molecule has 2 aliphatic rings. The second kappa shape index (κ2) is 7.86. The van der Waals surface area contributed by atoms with Crippen molar-refractivity contribution in [2.75, 3.05) is 45.9 Å². The van der Waals surface area contributed by atoms with Crippen molar-refractivity contribution in [1.82, 2.24) is 15.1 Å². The van der Waals surface area contributed by atoms with Crippen molar-refractivity contribution < 1.29 is 13.9 Å². The van der Waals surface area contributed by atoms with E-state index in [4.69, 9.17) is 4.74 Å². The summed E-state index contributed by atoms with van der Waals surface area (Å²) in [6, 6.07) is 6.64. The summed E-state index contributed by atoms with van der Waals surface area (Å²) >= 11 is 0. The zero-order valence-corrected chi connectivity index (χ0v) is 13.3. The molecule has 1 atom stereocenters. The summed E-state index contributed by atoms with van der Waals surface area (Å²) in [5, 5.41) is 3.20. The molecule has 2 saturated heterocycles. The average molecular weight is 321 g/mol. The quantitative estimate of drug-likeness (QED) is 0.896. The molecule has 0 aromatic heterocycles. The number of benzene rings is 1. The van der Waals surface area contributed by atoms with Crippen LogP contribution in [0.3, 0.4) is 0 Å². The highest BCUT2D eigenvalue weighted by Crippen LogP contribution is 2.12. The first-order valence-corrected chi connectivity index (χ1v) is 8.30. The standard InChI is InChI=1S/C17H24FN3O2/c18-15-4-2-14(3-5-15)13-20-7-1-8-21(10-9-20)17(22)16-12-19-6-11-23-16/h2-5,16,19H,1,6-13H2. The number of carbonyl (C=O) groups is 1. The second-order valence-corrected chi connectivity index (χ2v) is 6.15. The number of hydrogen-bond donors (Lipinski definition) is 1. The molecule has 0 aliphatic carbocycles. The van der Waals surface area contributed by atoms with Crippen molar-refractivity contribution in [3.63, 3.8) is 0 Å². The number of rotatable bonds is 3. The lowest BCUT2D eigenvalue weighted by molar-refractivity contribution is -0.145. The molecule has 0 radical (unpaired) electrons. The third-order valence-electron chi connectivity index (χ3n) is 4.42. The summed E-state index contributed by atoms with van der Waals surface area (Å²) in [7, 11) is 0. The molecule has 0 bridgehead atoms. The Bertz CT molecular complexity index is 517. The zero-order valence-electron chi connectivity index (χ0n) is 13.3. The normalized spacial score (nSPS) is 23.5. The van der Waals surface area contributed by atoms with E-state index in [1.165, 1.54) is 12.1 Å². The van der Waals surface area contributed by atoms with Gasteiger partial charge in [-0.3, -0.25) is 9.69 Å². The van der Waals surface area contributed by atoms with E-state index in [0.717, 1.165) is 51.3 Å². The summed E-state index contributed by atoms with van der Waals surface area (Å²) in [4.78, 5) is 16.7. The molecule has 126 valence electrons. The summed E-state index contributed by atoms with van der Waals surface area (Å²) < 4.78 is 18.5. The predicted molar refractivity (Wildman–Crippen MR) is 85.5 cm³/mol. The van der Waals surface area contributed by atoms with Crippen LogP contribution in [0.5, 0.6) is 0 Å². The SMILES string of the molecule is O=C(C1CNCCO1)N1CCCN(Cc2ccc(F)cc2)CC1. The Hall–Kier alpha value is -1.50. The van der Waals surface area contributed by atoms with Gasteiger partial charge >= 0.3 is 0 Å². The summed E-state index contributed by atoms with van der Waals surface area (Å²) in [6.07, 6.45) is 0.611. The van der Waals surface area contributed by atoms with Gasteiger partial charge in [-0.25, -0.2) is 4.39 Å². The van der Waals surface area contributed by atoms with Gasteiger partial charge in [0.1, 0.15) is 11.9 Å². The van der Waals surface area contributed by atoms with Gasteiger partial charge in [0.15, 0.2) is 0 Å². The zero-order chi connectivity index (χ0) is 16.1. The molecule has 2 fully saturated rings. The van der Waals surface area contributed by atoms with Crippen LogP contribution in [0, 0.1) is 5.82 Å². The maximum atomic E-state index is 13.0. The number of amides is 1. The summed E-state index contributed by atoms with van der Waals surface area (Å²) in [5.41, 5.74) is 1.10. The van der Waals surface area contributed by atoms with E-state index in [1.54, 1.807) is 0 Å². The van der Waals surface area contributed by atoms with Crippen molar-refractivity contribution in [3.8, 4) is 0 Å². The van der Waals surface area contributed by atoms with E-state index in [1.807, 2.05) is 17.0 Å². The van der Waals surface area contributed by atoms with Gasteiger partial charge in [0.05, 0.1) is 6.61 Å². The van der Waals surface area contributed by atoms with Gasteiger partial charge in [0.25, 0.3) is 5.91 Å². The Morgan fingerprint density at radius 3 is 2.78 bits per heavy atom. The van der Waals surface area contributed by atoms with Crippen LogP contribution in [0.1, 0.15) is 12.0 Å². The molecule has 1 amide bonds. The highest BCUT2D eigenvalue weighted by molar-refractivity contribution is 5.81. The van der Waals surface area contributed by atoms with Crippen LogP contribution >= 0.6 is 0 Å². The van der Waals surface area contributed by atoms with E-state index in [9.17, 15) is 9.18 Å². The van der Waals surface area contributed by atoms with Crippen LogP contribution in [0.25, 0.3) is 0 Å². The molecule has 1 N–H and O–H groups in total. The van der Waals surface area contributed by atoms with E-state index < -0.39 is 0 Å². The topological polar surface area (TPSA) is 44.8 Å². The largest absolute Gasteiger partial charge is 0.366 e. The summed E-state index contributed by atoms with van der Waals surface area (Å²) in [6.45, 7) is 6.10. The molecule has 2 aliphatic heterocycles. The first-order chi connectivity index (χ1) is 11.2. The number of ether oxygens (including phenoxy) is 1. The van der Waals surface area contributed by atoms with Crippen LogP contribution in [0.15, 0.2) is 24.3 Å². The molecule has 3 rings (SSSR count). The minimum absolute atomic E-state index is 0.0980. The van der Waals surface area contributed by atoms with E-state index in [2.05, 4.69) is 10.2 Å². The Balaban J connectivity index is 1.52. The lowest BCUT2D eigenvalue weighted by Crippen LogP contribution is -2.50. The van der Waals surface area contributed by atoms with Crippen molar-refractivity contribution >= 4 is 5.91 Å². The molecule has 1 aromatic rings. The Kier molecular flexibility index (Phi) is 5.59. The Morgan fingerprint density at radius 2 is 2.04 bits per heavy atom. The fraction of sp³-hybridized carbons (Fsp3) is 0.588. The molecule has 1 unspecified atom stereocenters. The minimum atomic E-state index is -0.340. The van der Waals surface area contributed by atoms with Crippen molar-refractivity contribution in [1.29, 1.82) is 0 Å². The van der Waals surface area contributed by atoms with Gasteiger partial charge in [-0.05, 0) is 24.1 Å². The number of halogens is 1. The van der Waals surface area contributed by atoms with Crippen molar-refractivity contribution in [2.24, 2.45) is 0 Å². The van der Waals surface area contributed by atoms with Gasteiger partial charge in [-0.15, -0.1) is 0 Å². The van der Waals surface area contributed by atoms with Crippen LogP contribution in [0.4, 0.5) is 4.39 Å². The van der Waals surface area contributed by atoms with E-state index >= 15 is 0 Å². The van der Waals surface area contributed by atoms with Crippen molar-refractivity contribution in [3.05, 3.63) is 35.6 Å². The van der Waals surface area contributed by atoms with Crippen LogP contribution in [-0.2, 0) is 16.1 Å². The van der Waals surface area contributed by atoms with Gasteiger partial charge < -0.3 is 15.0 Å². The first-order valence-electron chi connectivity index (χ1n) is 8.30. The fourth-order valence-corrected chi connectivity index (χ4v) is 3.13. The smallest absolute Gasteiger partial charge is 0.253 e. The molecule has 0 saturated carbocycles. The Labute approximate surface area is 136 Å². The van der Waals surface area contributed by atoms with Gasteiger partial charge in [0.2, 0.25) is 0 Å². The maximum Gasteiger partial charge on any atom is 0.253 e. The van der Waals surface area contributed by atoms with Crippen molar-refractivity contribution in [2.45, 2.75) is 19.1 Å². The van der Waals surface area contributed by atoms with E-state index in [0.29, 0.717) is 13.2 Å². The number of nitrogens with zero attached hydrogens (tertiary/aromatic N) is 2. The Morgan fingerprint density at radius 1 is 1.22 bits per heavy atom. The maximum absolute atomic E-state index is 13.0. The molecule has 1 aromatic carbocycles. The minimum Gasteiger partial charge on any atom is -0.366 e. The third-order valence-corrected chi connectivity index (χ3v) is 4.42. The molecule has 0 spiro atoms. The first kappa shape index (κ1) is 16.4. The molecule has 23 heavy (non-hydrogen) atoms. The molecule has 6 heteroatoms. The second-order valence-electron chi connectivity index (χ2n) is 6.15.